The number of hydrogen-bond acceptors (Lipinski definition) is 3. The topological polar surface area (TPSA) is 49.9 Å². The molecule has 5 nitrogen and oxygen atoms in total. The van der Waals surface area contributed by atoms with E-state index < -0.39 is 6.09 Å². The third-order valence-electron chi connectivity index (χ3n) is 4.01. The van der Waals surface area contributed by atoms with Crippen LogP contribution in [0.15, 0.2) is 18.2 Å². The first-order valence-electron chi connectivity index (χ1n) is 7.08. The van der Waals surface area contributed by atoms with Gasteiger partial charge < -0.3 is 9.64 Å². The number of rotatable bonds is 2. The Labute approximate surface area is 122 Å². The lowest BCUT2D eigenvalue weighted by molar-refractivity contribution is -0.119. The van der Waals surface area contributed by atoms with Crippen LogP contribution in [0.4, 0.5) is 14.9 Å². The zero-order chi connectivity index (χ0) is 15.0. The van der Waals surface area contributed by atoms with E-state index in [4.69, 9.17) is 4.74 Å². The Morgan fingerprint density at radius 3 is 3.00 bits per heavy atom. The number of carbonyl (C=O) groups excluding carboxylic acids is 2. The van der Waals surface area contributed by atoms with Crippen molar-refractivity contribution < 1.29 is 18.7 Å². The number of aryl methyl sites for hydroxylation is 1. The fraction of sp³-hybridized carbons (Fsp3) is 0.467. The normalized spacial score (nSPS) is 21.2. The minimum Gasteiger partial charge on any atom is -0.448 e. The third-order valence-corrected chi connectivity index (χ3v) is 4.01. The van der Waals surface area contributed by atoms with Crippen LogP contribution in [0, 0.1) is 5.82 Å². The SMILES string of the molecule is C[C@@H]1CCc2cc(F)ccc2N1C(=O)CN1CCOC1=O. The van der Waals surface area contributed by atoms with E-state index in [-0.39, 0.29) is 24.3 Å². The third kappa shape index (κ3) is 2.57. The minimum absolute atomic E-state index is 0.0000102. The zero-order valence-electron chi connectivity index (χ0n) is 11.8. The average Bonchev–Trinajstić information content (AvgIpc) is 2.84. The molecule has 1 fully saturated rings. The summed E-state index contributed by atoms with van der Waals surface area (Å²) in [5, 5.41) is 0. The Kier molecular flexibility index (Phi) is 3.53. The fourth-order valence-corrected chi connectivity index (χ4v) is 2.91. The molecule has 1 atom stereocenters. The van der Waals surface area contributed by atoms with Gasteiger partial charge in [-0.2, -0.15) is 0 Å². The molecule has 2 amide bonds. The Morgan fingerprint density at radius 2 is 2.29 bits per heavy atom. The standard InChI is InChI=1S/C15H17FN2O3/c1-10-2-3-11-8-12(16)4-5-13(11)18(10)14(19)9-17-6-7-21-15(17)20/h4-5,8,10H,2-3,6-7,9H2,1H3/t10-/m1/s1. The van der Waals surface area contributed by atoms with Gasteiger partial charge in [0.25, 0.3) is 0 Å². The molecule has 21 heavy (non-hydrogen) atoms. The van der Waals surface area contributed by atoms with Gasteiger partial charge in [0.15, 0.2) is 0 Å². The van der Waals surface area contributed by atoms with Crippen molar-refractivity contribution in [3.8, 4) is 0 Å². The summed E-state index contributed by atoms with van der Waals surface area (Å²) in [5.74, 6) is -0.451. The maximum atomic E-state index is 13.3. The van der Waals surface area contributed by atoms with Crippen molar-refractivity contribution in [2.45, 2.75) is 25.8 Å². The molecule has 1 aromatic rings. The molecule has 0 N–H and O–H groups in total. The van der Waals surface area contributed by atoms with Gasteiger partial charge in [-0.3, -0.25) is 9.69 Å². The summed E-state index contributed by atoms with van der Waals surface area (Å²) in [6.07, 6.45) is 1.09. The minimum atomic E-state index is -0.452. The number of halogens is 1. The summed E-state index contributed by atoms with van der Waals surface area (Å²) >= 11 is 0. The second-order valence-corrected chi connectivity index (χ2v) is 5.46. The largest absolute Gasteiger partial charge is 0.448 e. The molecule has 3 rings (SSSR count). The van der Waals surface area contributed by atoms with Crippen molar-refractivity contribution in [1.29, 1.82) is 0 Å². The Bertz CT molecular complexity index is 590. The van der Waals surface area contributed by atoms with Crippen LogP contribution in [0.3, 0.4) is 0 Å². The van der Waals surface area contributed by atoms with Gasteiger partial charge in [-0.15, -0.1) is 0 Å². The van der Waals surface area contributed by atoms with Crippen molar-refractivity contribution in [3.63, 3.8) is 0 Å². The molecule has 0 saturated carbocycles. The number of nitrogens with zero attached hydrogens (tertiary/aromatic N) is 2. The lowest BCUT2D eigenvalue weighted by Gasteiger charge is -2.36. The molecule has 0 radical (unpaired) electrons. The van der Waals surface area contributed by atoms with E-state index in [1.54, 1.807) is 11.0 Å². The predicted molar refractivity (Wildman–Crippen MR) is 74.6 cm³/mol. The quantitative estimate of drug-likeness (QED) is 0.837. The lowest BCUT2D eigenvalue weighted by atomic mass is 9.96. The first-order valence-corrected chi connectivity index (χ1v) is 7.08. The van der Waals surface area contributed by atoms with E-state index in [0.717, 1.165) is 24.1 Å². The molecule has 0 unspecified atom stereocenters. The van der Waals surface area contributed by atoms with E-state index in [9.17, 15) is 14.0 Å². The van der Waals surface area contributed by atoms with Gasteiger partial charge >= 0.3 is 6.09 Å². The van der Waals surface area contributed by atoms with Gasteiger partial charge in [-0.1, -0.05) is 0 Å². The van der Waals surface area contributed by atoms with Gasteiger partial charge in [-0.05, 0) is 43.5 Å². The second-order valence-electron chi connectivity index (χ2n) is 5.46. The predicted octanol–water partition coefficient (Wildman–Crippen LogP) is 1.95. The number of hydrogen-bond donors (Lipinski definition) is 0. The second kappa shape index (κ2) is 5.35. The van der Waals surface area contributed by atoms with Gasteiger partial charge in [0.05, 0.1) is 6.54 Å². The van der Waals surface area contributed by atoms with Crippen molar-refractivity contribution in [1.82, 2.24) is 4.90 Å². The monoisotopic (exact) mass is 292 g/mol. The highest BCUT2D eigenvalue weighted by molar-refractivity contribution is 5.97. The molecular formula is C15H17FN2O3. The molecule has 2 aliphatic rings. The van der Waals surface area contributed by atoms with E-state index in [0.29, 0.717) is 13.2 Å². The highest BCUT2D eigenvalue weighted by Crippen LogP contribution is 2.31. The molecule has 0 bridgehead atoms. The maximum Gasteiger partial charge on any atom is 0.410 e. The van der Waals surface area contributed by atoms with E-state index in [2.05, 4.69) is 0 Å². The van der Waals surface area contributed by atoms with Crippen LogP contribution in [0.5, 0.6) is 0 Å². The van der Waals surface area contributed by atoms with Crippen molar-refractivity contribution in [2.24, 2.45) is 0 Å². The van der Waals surface area contributed by atoms with Crippen LogP contribution >= 0.6 is 0 Å². The van der Waals surface area contributed by atoms with Crippen LogP contribution in [-0.4, -0.2) is 42.6 Å². The summed E-state index contributed by atoms with van der Waals surface area (Å²) in [6, 6.07) is 4.52. The molecular weight excluding hydrogens is 275 g/mol. The summed E-state index contributed by atoms with van der Waals surface area (Å²) in [5.41, 5.74) is 1.58. The summed E-state index contributed by atoms with van der Waals surface area (Å²) in [7, 11) is 0. The molecule has 0 aromatic heterocycles. The summed E-state index contributed by atoms with van der Waals surface area (Å²) in [6.45, 7) is 2.72. The number of cyclic esters (lactones) is 1. The number of anilines is 1. The Hall–Kier alpha value is -2.11. The Morgan fingerprint density at radius 1 is 1.48 bits per heavy atom. The molecule has 1 saturated heterocycles. The van der Waals surface area contributed by atoms with E-state index >= 15 is 0 Å². The molecule has 1 aromatic carbocycles. The van der Waals surface area contributed by atoms with E-state index in [1.165, 1.54) is 17.0 Å². The van der Waals surface area contributed by atoms with Crippen molar-refractivity contribution >= 4 is 17.7 Å². The van der Waals surface area contributed by atoms with Crippen LogP contribution in [0.1, 0.15) is 18.9 Å². The zero-order valence-corrected chi connectivity index (χ0v) is 11.8. The number of amides is 2. The molecule has 2 aliphatic heterocycles. The van der Waals surface area contributed by atoms with Gasteiger partial charge in [0.2, 0.25) is 5.91 Å². The summed E-state index contributed by atoms with van der Waals surface area (Å²) < 4.78 is 18.2. The van der Waals surface area contributed by atoms with Crippen molar-refractivity contribution in [3.05, 3.63) is 29.6 Å². The lowest BCUT2D eigenvalue weighted by Crippen LogP contribution is -2.47. The molecule has 0 spiro atoms. The molecule has 0 aliphatic carbocycles. The van der Waals surface area contributed by atoms with Crippen LogP contribution in [0.25, 0.3) is 0 Å². The highest BCUT2D eigenvalue weighted by Gasteiger charge is 2.32. The maximum absolute atomic E-state index is 13.3. The summed E-state index contributed by atoms with van der Waals surface area (Å²) in [4.78, 5) is 27.1. The van der Waals surface area contributed by atoms with Crippen LogP contribution < -0.4 is 4.90 Å². The van der Waals surface area contributed by atoms with Crippen LogP contribution in [0.2, 0.25) is 0 Å². The molecule has 112 valence electrons. The average molecular weight is 292 g/mol. The number of fused-ring (bicyclic) bond motifs is 1. The Balaban J connectivity index is 1.83. The number of ether oxygens (including phenoxy) is 1. The number of benzene rings is 1. The smallest absolute Gasteiger partial charge is 0.410 e. The van der Waals surface area contributed by atoms with E-state index in [1.807, 2.05) is 6.92 Å². The van der Waals surface area contributed by atoms with Gasteiger partial charge in [0.1, 0.15) is 19.0 Å². The number of carbonyl (C=O) groups is 2. The molecule has 6 heteroatoms. The fourth-order valence-electron chi connectivity index (χ4n) is 2.91. The first kappa shape index (κ1) is 13.9. The van der Waals surface area contributed by atoms with Gasteiger partial charge in [0, 0.05) is 11.7 Å². The molecule has 2 heterocycles. The van der Waals surface area contributed by atoms with Gasteiger partial charge in [-0.25, -0.2) is 9.18 Å². The first-order chi connectivity index (χ1) is 10.1. The van der Waals surface area contributed by atoms with Crippen LogP contribution in [-0.2, 0) is 16.0 Å². The highest BCUT2D eigenvalue weighted by atomic mass is 19.1. The van der Waals surface area contributed by atoms with Crippen molar-refractivity contribution in [2.75, 3.05) is 24.6 Å².